The zero-order valence-electron chi connectivity index (χ0n) is 17.3. The van der Waals surface area contributed by atoms with Gasteiger partial charge in [0.15, 0.2) is 0 Å². The van der Waals surface area contributed by atoms with Crippen LogP contribution in [0.4, 0.5) is 0 Å². The van der Waals surface area contributed by atoms with Crippen molar-refractivity contribution in [1.29, 1.82) is 0 Å². The maximum atomic E-state index is 10.3. The third-order valence-corrected chi connectivity index (χ3v) is 3.57. The van der Waals surface area contributed by atoms with E-state index in [-0.39, 0.29) is 36.3 Å². The Labute approximate surface area is 195 Å². The van der Waals surface area contributed by atoms with Crippen molar-refractivity contribution in [2.24, 2.45) is 22.9 Å². The number of H-pyrrole nitrogens is 1. The van der Waals surface area contributed by atoms with E-state index in [2.05, 4.69) is 9.97 Å². The minimum Gasteiger partial charge on any atom is -0.481 e. The number of imidazole rings is 1. The van der Waals surface area contributed by atoms with E-state index in [0.29, 0.717) is 18.7 Å². The number of carboxylic acid groups (broad SMARTS) is 4. The topological polar surface area (TPSA) is 282 Å². The van der Waals surface area contributed by atoms with E-state index >= 15 is 0 Å². The first kappa shape index (κ1) is 34.1. The molecule has 0 aliphatic carbocycles. The van der Waals surface area contributed by atoms with Gasteiger partial charge in [-0.15, -0.1) is 0 Å². The molecule has 1 aromatic rings. The summed E-state index contributed by atoms with van der Waals surface area (Å²) in [7, 11) is 0. The van der Waals surface area contributed by atoms with Gasteiger partial charge in [-0.05, 0) is 25.8 Å². The van der Waals surface area contributed by atoms with Crippen LogP contribution >= 0.6 is 0 Å². The van der Waals surface area contributed by atoms with Gasteiger partial charge in [0, 0.05) is 36.1 Å². The van der Waals surface area contributed by atoms with Crippen LogP contribution in [0.3, 0.4) is 0 Å². The van der Waals surface area contributed by atoms with E-state index < -0.39 is 42.0 Å². The summed E-state index contributed by atoms with van der Waals surface area (Å²) in [5, 5.41) is 33.0. The summed E-state index contributed by atoms with van der Waals surface area (Å²) in [5.41, 5.74) is 21.3. The van der Waals surface area contributed by atoms with Crippen LogP contribution in [0.2, 0.25) is 0 Å². The molecule has 0 aromatic carbocycles. The van der Waals surface area contributed by atoms with Gasteiger partial charge in [-0.3, -0.25) is 19.2 Å². The van der Waals surface area contributed by atoms with Gasteiger partial charge in [0.25, 0.3) is 0 Å². The first-order valence-corrected chi connectivity index (χ1v) is 9.26. The number of carbonyl (C=O) groups is 4. The monoisotopic (exact) mass is 511 g/mol. The average molecular weight is 512 g/mol. The third kappa shape index (κ3) is 20.7. The fraction of sp³-hybridized carbons (Fsp3) is 0.588. The number of aromatic amines is 1. The summed E-state index contributed by atoms with van der Waals surface area (Å²) < 4.78 is 0. The molecule has 13 N–H and O–H groups in total. The Morgan fingerprint density at radius 2 is 1.38 bits per heavy atom. The smallest absolute Gasteiger partial charge is 0.320 e. The van der Waals surface area contributed by atoms with Crippen molar-refractivity contribution in [2.45, 2.75) is 56.7 Å². The summed E-state index contributed by atoms with van der Waals surface area (Å²) in [5.74, 6) is -4.14. The molecule has 1 aromatic heterocycles. The molecule has 0 saturated heterocycles. The van der Waals surface area contributed by atoms with Gasteiger partial charge in [0.2, 0.25) is 0 Å². The summed E-state index contributed by atoms with van der Waals surface area (Å²) in [6.07, 6.45) is 5.32. The predicted octanol–water partition coefficient (Wildman–Crippen LogP) is -1.85. The minimum atomic E-state index is -1.17. The van der Waals surface area contributed by atoms with Gasteiger partial charge in [-0.1, -0.05) is 6.42 Å². The molecule has 189 valence electrons. The largest absolute Gasteiger partial charge is 0.481 e. The maximum absolute atomic E-state index is 10.3. The molecule has 0 aliphatic heterocycles. The quantitative estimate of drug-likeness (QED) is 0.110. The van der Waals surface area contributed by atoms with Gasteiger partial charge >= 0.3 is 23.9 Å². The molecule has 0 amide bonds. The molecule has 3 atom stereocenters. The van der Waals surface area contributed by atoms with Crippen molar-refractivity contribution in [3.05, 3.63) is 18.2 Å². The van der Waals surface area contributed by atoms with Crippen molar-refractivity contribution in [3.63, 3.8) is 0 Å². The molecule has 32 heavy (non-hydrogen) atoms. The minimum absolute atomic E-state index is 0. The summed E-state index contributed by atoms with van der Waals surface area (Å²) in [4.78, 5) is 46.8. The Kier molecular flexibility index (Phi) is 21.7. The maximum Gasteiger partial charge on any atom is 0.320 e. The summed E-state index contributed by atoms with van der Waals surface area (Å²) in [6, 6.07) is -2.64. The molecule has 0 spiro atoms. The van der Waals surface area contributed by atoms with E-state index in [9.17, 15) is 19.2 Å². The Morgan fingerprint density at radius 3 is 1.75 bits per heavy atom. The number of nitrogens with zero attached hydrogens (tertiary/aromatic N) is 1. The van der Waals surface area contributed by atoms with E-state index in [4.69, 9.17) is 43.4 Å². The predicted molar refractivity (Wildman–Crippen MR) is 109 cm³/mol. The average Bonchev–Trinajstić information content (AvgIpc) is 3.19. The first-order valence-electron chi connectivity index (χ1n) is 9.26. The molecule has 0 aliphatic rings. The van der Waals surface area contributed by atoms with E-state index in [1.165, 1.54) is 6.33 Å². The van der Waals surface area contributed by atoms with Crippen LogP contribution in [0.25, 0.3) is 0 Å². The molecule has 0 saturated carbocycles. The van der Waals surface area contributed by atoms with E-state index in [1.807, 2.05) is 0 Å². The summed E-state index contributed by atoms with van der Waals surface area (Å²) >= 11 is 0. The number of unbranched alkanes of at least 4 members (excludes halogenated alkanes) is 1. The van der Waals surface area contributed by atoms with Crippen LogP contribution in [0.15, 0.2) is 12.5 Å². The van der Waals surface area contributed by atoms with Crippen LogP contribution < -0.4 is 22.9 Å². The van der Waals surface area contributed by atoms with Crippen molar-refractivity contribution in [3.8, 4) is 0 Å². The molecule has 14 nitrogen and oxygen atoms in total. The second-order valence-electron chi connectivity index (χ2n) is 6.32. The number of rotatable bonds is 12. The zero-order valence-corrected chi connectivity index (χ0v) is 18.3. The van der Waals surface area contributed by atoms with Crippen LogP contribution in [0, 0.1) is 0 Å². The standard InChI is InChI=1S/C6H9N3O2.C6H14N2O2.C5H9NO4.Cu/c7-5(6(10)11)1-4-2-8-3-9-4;7-4-2-1-3-5(8)6(9)10;6-3(5(9)10)1-2-4(7)8;/h2-3,5H,1,7H2,(H,8,9)(H,10,11);5H,1-4,7-8H2,(H,9,10);3H,1-2,6H2,(H,7,8)(H,9,10);. The SMILES string of the molecule is NC(CCC(=O)O)C(=O)O.NC(Cc1c[nH]cn1)C(=O)O.NCCCCC(N)C(=O)O.[Cu]. The van der Waals surface area contributed by atoms with Crippen molar-refractivity contribution < 1.29 is 56.7 Å². The number of nitrogens with one attached hydrogen (secondary N) is 1. The van der Waals surface area contributed by atoms with E-state index in [1.54, 1.807) is 6.20 Å². The fourth-order valence-corrected chi connectivity index (χ4v) is 1.75. The van der Waals surface area contributed by atoms with Gasteiger partial charge in [0.05, 0.1) is 12.0 Å². The molecule has 0 bridgehead atoms. The van der Waals surface area contributed by atoms with Crippen LogP contribution in [0.5, 0.6) is 0 Å². The molecule has 0 fully saturated rings. The Morgan fingerprint density at radius 1 is 0.875 bits per heavy atom. The molecule has 1 heterocycles. The van der Waals surface area contributed by atoms with E-state index in [0.717, 1.165) is 12.8 Å². The van der Waals surface area contributed by atoms with Crippen molar-refractivity contribution >= 4 is 23.9 Å². The number of aromatic nitrogens is 2. The van der Waals surface area contributed by atoms with Crippen LogP contribution in [-0.4, -0.2) is 78.9 Å². The summed E-state index contributed by atoms with van der Waals surface area (Å²) in [6.45, 7) is 0.604. The molecule has 3 unspecified atom stereocenters. The van der Waals surface area contributed by atoms with Gasteiger partial charge in [-0.25, -0.2) is 4.98 Å². The van der Waals surface area contributed by atoms with Crippen LogP contribution in [0.1, 0.15) is 37.8 Å². The Hall–Kier alpha value is -2.55. The van der Waals surface area contributed by atoms with Crippen LogP contribution in [-0.2, 0) is 42.7 Å². The van der Waals surface area contributed by atoms with Gasteiger partial charge in [-0.2, -0.15) is 0 Å². The second kappa shape index (κ2) is 20.4. The van der Waals surface area contributed by atoms with Gasteiger partial charge in [0.1, 0.15) is 18.1 Å². The Bertz CT molecular complexity index is 661. The Balaban J connectivity index is -0.000000389. The number of nitrogens with two attached hydrogens (primary N) is 4. The van der Waals surface area contributed by atoms with Crippen molar-refractivity contribution in [1.82, 2.24) is 9.97 Å². The molecule has 15 heteroatoms. The number of hydrogen-bond donors (Lipinski definition) is 9. The first-order chi connectivity index (χ1) is 14.4. The number of hydrogen-bond acceptors (Lipinski definition) is 9. The molecule has 1 rings (SSSR count). The second-order valence-corrected chi connectivity index (χ2v) is 6.32. The molecule has 1 radical (unpaired) electrons. The third-order valence-electron chi connectivity index (χ3n) is 3.57. The zero-order chi connectivity index (χ0) is 24.4. The normalized spacial score (nSPS) is 12.4. The number of carboxylic acids is 4. The van der Waals surface area contributed by atoms with Gasteiger partial charge < -0.3 is 48.3 Å². The molecular weight excluding hydrogens is 480 g/mol. The number of aliphatic carboxylic acids is 4. The molecular formula is C17H32CuN6O8. The fourth-order valence-electron chi connectivity index (χ4n) is 1.75. The van der Waals surface area contributed by atoms with Crippen molar-refractivity contribution in [2.75, 3.05) is 6.54 Å².